The zero-order valence-electron chi connectivity index (χ0n) is 13.3. The van der Waals surface area contributed by atoms with Gasteiger partial charge in [0.05, 0.1) is 18.8 Å². The van der Waals surface area contributed by atoms with Gasteiger partial charge in [0, 0.05) is 11.3 Å². The molecule has 1 N–H and O–H groups in total. The summed E-state index contributed by atoms with van der Waals surface area (Å²) in [5, 5.41) is 2.88. The molecule has 0 radical (unpaired) electrons. The molecule has 0 saturated heterocycles. The predicted molar refractivity (Wildman–Crippen MR) is 86.9 cm³/mol. The van der Waals surface area contributed by atoms with Crippen molar-refractivity contribution >= 4 is 5.91 Å². The SMILES string of the molecule is Cc1cccc(CNC(=O)c2cccc(OCC(C)C)c2)n1. The second kappa shape index (κ2) is 7.59. The Morgan fingerprint density at radius 3 is 2.73 bits per heavy atom. The molecule has 0 saturated carbocycles. The topological polar surface area (TPSA) is 51.2 Å². The minimum atomic E-state index is -0.127. The maximum absolute atomic E-state index is 12.2. The van der Waals surface area contributed by atoms with Crippen LogP contribution in [0.4, 0.5) is 0 Å². The van der Waals surface area contributed by atoms with Crippen molar-refractivity contribution in [3.63, 3.8) is 0 Å². The summed E-state index contributed by atoms with van der Waals surface area (Å²) in [6.45, 7) is 7.16. The van der Waals surface area contributed by atoms with Gasteiger partial charge < -0.3 is 10.1 Å². The number of ether oxygens (including phenoxy) is 1. The van der Waals surface area contributed by atoms with E-state index in [2.05, 4.69) is 24.1 Å². The Kier molecular flexibility index (Phi) is 5.53. The molecule has 0 unspecified atom stereocenters. The molecule has 22 heavy (non-hydrogen) atoms. The van der Waals surface area contributed by atoms with Crippen molar-refractivity contribution in [1.82, 2.24) is 10.3 Å². The number of nitrogens with zero attached hydrogens (tertiary/aromatic N) is 1. The van der Waals surface area contributed by atoms with E-state index in [9.17, 15) is 4.79 Å². The summed E-state index contributed by atoms with van der Waals surface area (Å²) >= 11 is 0. The molecule has 1 amide bonds. The van der Waals surface area contributed by atoms with Gasteiger partial charge in [0.2, 0.25) is 0 Å². The largest absolute Gasteiger partial charge is 0.493 e. The quantitative estimate of drug-likeness (QED) is 0.889. The Labute approximate surface area is 131 Å². The van der Waals surface area contributed by atoms with E-state index in [4.69, 9.17) is 4.74 Å². The molecule has 0 spiro atoms. The second-order valence-corrected chi connectivity index (χ2v) is 5.69. The van der Waals surface area contributed by atoms with Crippen LogP contribution in [0.15, 0.2) is 42.5 Å². The van der Waals surface area contributed by atoms with Crippen LogP contribution in [-0.2, 0) is 6.54 Å². The molecular formula is C18H22N2O2. The third-order valence-corrected chi connectivity index (χ3v) is 3.06. The lowest BCUT2D eigenvalue weighted by molar-refractivity contribution is 0.0950. The molecule has 0 aliphatic carbocycles. The van der Waals surface area contributed by atoms with Gasteiger partial charge >= 0.3 is 0 Å². The maximum Gasteiger partial charge on any atom is 0.251 e. The highest BCUT2D eigenvalue weighted by Crippen LogP contribution is 2.14. The summed E-state index contributed by atoms with van der Waals surface area (Å²) < 4.78 is 5.64. The average Bonchev–Trinajstić information content (AvgIpc) is 2.51. The summed E-state index contributed by atoms with van der Waals surface area (Å²) in [5.41, 5.74) is 2.38. The Morgan fingerprint density at radius 1 is 1.23 bits per heavy atom. The molecule has 2 aromatic rings. The fourth-order valence-electron chi connectivity index (χ4n) is 1.96. The minimum absolute atomic E-state index is 0.127. The molecule has 0 aliphatic rings. The van der Waals surface area contributed by atoms with Crippen molar-refractivity contribution in [2.24, 2.45) is 5.92 Å². The monoisotopic (exact) mass is 298 g/mol. The molecule has 4 nitrogen and oxygen atoms in total. The Hall–Kier alpha value is -2.36. The van der Waals surface area contributed by atoms with Crippen LogP contribution in [-0.4, -0.2) is 17.5 Å². The van der Waals surface area contributed by atoms with Crippen LogP contribution in [0, 0.1) is 12.8 Å². The van der Waals surface area contributed by atoms with Crippen LogP contribution < -0.4 is 10.1 Å². The number of carbonyl (C=O) groups is 1. The van der Waals surface area contributed by atoms with Crippen molar-refractivity contribution < 1.29 is 9.53 Å². The summed E-state index contributed by atoms with van der Waals surface area (Å²) in [6.07, 6.45) is 0. The van der Waals surface area contributed by atoms with Crippen LogP contribution in [0.25, 0.3) is 0 Å². The first kappa shape index (κ1) is 16.0. The number of nitrogens with one attached hydrogen (secondary N) is 1. The van der Waals surface area contributed by atoms with Crippen LogP contribution in [0.2, 0.25) is 0 Å². The Balaban J connectivity index is 1.96. The number of hydrogen-bond acceptors (Lipinski definition) is 3. The lowest BCUT2D eigenvalue weighted by Gasteiger charge is -2.10. The van der Waals surface area contributed by atoms with Crippen molar-refractivity contribution in [3.8, 4) is 5.75 Å². The minimum Gasteiger partial charge on any atom is -0.493 e. The molecule has 0 bridgehead atoms. The van der Waals surface area contributed by atoms with Crippen molar-refractivity contribution in [2.75, 3.05) is 6.61 Å². The first-order valence-electron chi connectivity index (χ1n) is 7.48. The van der Waals surface area contributed by atoms with E-state index in [1.54, 1.807) is 12.1 Å². The first-order chi connectivity index (χ1) is 10.5. The van der Waals surface area contributed by atoms with Gasteiger partial charge in [-0.05, 0) is 43.2 Å². The van der Waals surface area contributed by atoms with Gasteiger partial charge in [-0.1, -0.05) is 26.0 Å². The number of pyridine rings is 1. The van der Waals surface area contributed by atoms with Crippen molar-refractivity contribution in [3.05, 3.63) is 59.4 Å². The normalized spacial score (nSPS) is 10.5. The molecule has 2 rings (SSSR count). The fraction of sp³-hybridized carbons (Fsp3) is 0.333. The number of benzene rings is 1. The van der Waals surface area contributed by atoms with Crippen LogP contribution in [0.1, 0.15) is 35.6 Å². The maximum atomic E-state index is 12.2. The molecule has 4 heteroatoms. The third-order valence-electron chi connectivity index (χ3n) is 3.06. The van der Waals surface area contributed by atoms with Gasteiger partial charge in [-0.2, -0.15) is 0 Å². The Morgan fingerprint density at radius 2 is 2.00 bits per heavy atom. The second-order valence-electron chi connectivity index (χ2n) is 5.69. The van der Waals surface area contributed by atoms with Crippen molar-refractivity contribution in [1.29, 1.82) is 0 Å². The molecule has 0 fully saturated rings. The zero-order valence-corrected chi connectivity index (χ0v) is 13.3. The van der Waals surface area contributed by atoms with E-state index < -0.39 is 0 Å². The standard InChI is InChI=1S/C18H22N2O2/c1-13(2)12-22-17-9-5-7-15(10-17)18(21)19-11-16-8-4-6-14(3)20-16/h4-10,13H,11-12H2,1-3H3,(H,19,21). The number of rotatable bonds is 6. The summed E-state index contributed by atoms with van der Waals surface area (Å²) in [7, 11) is 0. The van der Waals surface area contributed by atoms with Crippen LogP contribution >= 0.6 is 0 Å². The van der Waals surface area contributed by atoms with E-state index in [1.165, 1.54) is 0 Å². The van der Waals surface area contributed by atoms with Crippen LogP contribution in [0.5, 0.6) is 5.75 Å². The number of carbonyl (C=O) groups excluding carboxylic acids is 1. The molecule has 116 valence electrons. The van der Waals surface area contributed by atoms with Gasteiger partial charge in [-0.3, -0.25) is 9.78 Å². The predicted octanol–water partition coefficient (Wildman–Crippen LogP) is 3.35. The Bertz CT molecular complexity index is 638. The summed E-state index contributed by atoms with van der Waals surface area (Å²) in [4.78, 5) is 16.6. The lowest BCUT2D eigenvalue weighted by atomic mass is 10.2. The van der Waals surface area contributed by atoms with Crippen molar-refractivity contribution in [2.45, 2.75) is 27.3 Å². The van der Waals surface area contributed by atoms with E-state index in [-0.39, 0.29) is 5.91 Å². The molecule has 1 heterocycles. The van der Waals surface area contributed by atoms with Gasteiger partial charge in [0.25, 0.3) is 5.91 Å². The molecule has 0 atom stereocenters. The zero-order chi connectivity index (χ0) is 15.9. The van der Waals surface area contributed by atoms with E-state index >= 15 is 0 Å². The lowest BCUT2D eigenvalue weighted by Crippen LogP contribution is -2.23. The van der Waals surface area contributed by atoms with Gasteiger partial charge in [-0.15, -0.1) is 0 Å². The molecular weight excluding hydrogens is 276 g/mol. The van der Waals surface area contributed by atoms with Gasteiger partial charge in [-0.25, -0.2) is 0 Å². The highest BCUT2D eigenvalue weighted by atomic mass is 16.5. The number of hydrogen-bond donors (Lipinski definition) is 1. The average molecular weight is 298 g/mol. The molecule has 1 aromatic heterocycles. The molecule has 1 aromatic carbocycles. The summed E-state index contributed by atoms with van der Waals surface area (Å²) in [5.74, 6) is 1.04. The first-order valence-corrected chi connectivity index (χ1v) is 7.48. The number of aryl methyl sites for hydroxylation is 1. The van der Waals surface area contributed by atoms with E-state index in [0.717, 1.165) is 17.1 Å². The van der Waals surface area contributed by atoms with E-state index in [1.807, 2.05) is 37.3 Å². The third kappa shape index (κ3) is 4.88. The van der Waals surface area contributed by atoms with Gasteiger partial charge in [0.1, 0.15) is 5.75 Å². The highest BCUT2D eigenvalue weighted by Gasteiger charge is 2.07. The van der Waals surface area contributed by atoms with Crippen LogP contribution in [0.3, 0.4) is 0 Å². The highest BCUT2D eigenvalue weighted by molar-refractivity contribution is 5.94. The summed E-state index contributed by atoms with van der Waals surface area (Å²) in [6, 6.07) is 13.0. The fourth-order valence-corrected chi connectivity index (χ4v) is 1.96. The smallest absolute Gasteiger partial charge is 0.251 e. The van der Waals surface area contributed by atoms with E-state index in [0.29, 0.717) is 24.6 Å². The van der Waals surface area contributed by atoms with Gasteiger partial charge in [0.15, 0.2) is 0 Å². The molecule has 0 aliphatic heterocycles. The number of aromatic nitrogens is 1. The number of amides is 1.